The summed E-state index contributed by atoms with van der Waals surface area (Å²) in [4.78, 5) is 14.8. The van der Waals surface area contributed by atoms with Crippen molar-refractivity contribution < 1.29 is 4.79 Å². The molecule has 24 heavy (non-hydrogen) atoms. The molecule has 1 aromatic carbocycles. The number of hydrogen-bond donors (Lipinski definition) is 0. The second-order valence-electron chi connectivity index (χ2n) is 6.87. The van der Waals surface area contributed by atoms with E-state index in [0.29, 0.717) is 12.3 Å². The molecule has 1 amide bonds. The number of carbonyl (C=O) groups is 1. The Bertz CT molecular complexity index is 401. The highest BCUT2D eigenvalue weighted by atomic mass is 16.2. The fourth-order valence-electron chi connectivity index (χ4n) is 3.06. The monoisotopic (exact) mass is 331 g/mol. The number of nitrogens with zero attached hydrogens (tertiary/aromatic N) is 1. The molecule has 136 valence electrons. The van der Waals surface area contributed by atoms with E-state index in [2.05, 4.69) is 30.9 Å². The van der Waals surface area contributed by atoms with Crippen LogP contribution in [0.2, 0.25) is 0 Å². The van der Waals surface area contributed by atoms with Crippen molar-refractivity contribution in [3.63, 3.8) is 0 Å². The van der Waals surface area contributed by atoms with Gasteiger partial charge in [-0.15, -0.1) is 0 Å². The lowest BCUT2D eigenvalue weighted by Gasteiger charge is -2.23. The molecule has 0 radical (unpaired) electrons. The van der Waals surface area contributed by atoms with Crippen LogP contribution in [0.4, 0.5) is 0 Å². The highest BCUT2D eigenvalue weighted by molar-refractivity contribution is 5.78. The van der Waals surface area contributed by atoms with Crippen LogP contribution in [0.25, 0.3) is 0 Å². The fourth-order valence-corrected chi connectivity index (χ4v) is 3.06. The molecule has 2 heteroatoms. The molecule has 1 aromatic rings. The summed E-state index contributed by atoms with van der Waals surface area (Å²) in [6.07, 6.45) is 13.1. The lowest BCUT2D eigenvalue weighted by molar-refractivity contribution is -0.130. The van der Waals surface area contributed by atoms with E-state index in [9.17, 15) is 4.79 Å². The summed E-state index contributed by atoms with van der Waals surface area (Å²) >= 11 is 0. The minimum absolute atomic E-state index is 0.298. The van der Waals surface area contributed by atoms with Crippen LogP contribution in [-0.4, -0.2) is 23.9 Å². The van der Waals surface area contributed by atoms with E-state index in [0.717, 1.165) is 31.5 Å². The summed E-state index contributed by atoms with van der Waals surface area (Å²) in [5.74, 6) is 0.298. The van der Waals surface area contributed by atoms with Crippen LogP contribution in [-0.2, 0) is 11.2 Å². The van der Waals surface area contributed by atoms with Gasteiger partial charge in [-0.2, -0.15) is 0 Å². The molecule has 0 unspecified atom stereocenters. The maximum absolute atomic E-state index is 12.7. The molecule has 0 aliphatic carbocycles. The van der Waals surface area contributed by atoms with E-state index in [-0.39, 0.29) is 0 Å². The standard InChI is InChI=1S/C22H37NO/c1-3-5-7-9-14-18-23(19-15-10-8-6-4-2)22(24)20-21-16-12-11-13-17-21/h11-13,16-17H,3-10,14-15,18-20H2,1-2H3. The second kappa shape index (κ2) is 14.1. The van der Waals surface area contributed by atoms with Crippen molar-refractivity contribution in [2.24, 2.45) is 0 Å². The number of rotatable bonds is 14. The molecular formula is C22H37NO. The highest BCUT2D eigenvalue weighted by Gasteiger charge is 2.13. The molecule has 0 aromatic heterocycles. The second-order valence-corrected chi connectivity index (χ2v) is 6.87. The highest BCUT2D eigenvalue weighted by Crippen LogP contribution is 2.10. The third kappa shape index (κ3) is 9.75. The van der Waals surface area contributed by atoms with Crippen molar-refractivity contribution in [3.05, 3.63) is 35.9 Å². The predicted octanol–water partition coefficient (Wildman–Crippen LogP) is 6.00. The smallest absolute Gasteiger partial charge is 0.226 e. The van der Waals surface area contributed by atoms with E-state index < -0.39 is 0 Å². The van der Waals surface area contributed by atoms with Gasteiger partial charge in [-0.05, 0) is 18.4 Å². The van der Waals surface area contributed by atoms with Crippen molar-refractivity contribution in [3.8, 4) is 0 Å². The first-order valence-corrected chi connectivity index (χ1v) is 10.1. The van der Waals surface area contributed by atoms with Crippen molar-refractivity contribution in [1.82, 2.24) is 4.90 Å². The maximum atomic E-state index is 12.7. The maximum Gasteiger partial charge on any atom is 0.226 e. The summed E-state index contributed by atoms with van der Waals surface area (Å²) in [6.45, 7) is 6.35. The van der Waals surface area contributed by atoms with Gasteiger partial charge in [0.25, 0.3) is 0 Å². The van der Waals surface area contributed by atoms with Crippen LogP contribution in [0.5, 0.6) is 0 Å². The van der Waals surface area contributed by atoms with Crippen LogP contribution >= 0.6 is 0 Å². The summed E-state index contributed by atoms with van der Waals surface area (Å²) < 4.78 is 0. The third-order valence-electron chi connectivity index (χ3n) is 4.61. The quantitative estimate of drug-likeness (QED) is 0.383. The fraction of sp³-hybridized carbons (Fsp3) is 0.682. The Hall–Kier alpha value is -1.31. The predicted molar refractivity (Wildman–Crippen MR) is 104 cm³/mol. The SMILES string of the molecule is CCCCCCCN(CCCCCCC)C(=O)Cc1ccccc1. The molecule has 0 aliphatic heterocycles. The summed E-state index contributed by atoms with van der Waals surface area (Å²) in [5.41, 5.74) is 1.13. The van der Waals surface area contributed by atoms with Gasteiger partial charge in [0.15, 0.2) is 0 Å². The Morgan fingerprint density at radius 1 is 0.750 bits per heavy atom. The van der Waals surface area contributed by atoms with Gasteiger partial charge in [0.05, 0.1) is 6.42 Å². The number of amides is 1. The Balaban J connectivity index is 2.40. The van der Waals surface area contributed by atoms with E-state index in [4.69, 9.17) is 0 Å². The van der Waals surface area contributed by atoms with E-state index in [1.54, 1.807) is 0 Å². The zero-order chi connectivity index (χ0) is 17.5. The average Bonchev–Trinajstić information content (AvgIpc) is 2.60. The topological polar surface area (TPSA) is 20.3 Å². The molecule has 0 N–H and O–H groups in total. The number of hydrogen-bond acceptors (Lipinski definition) is 1. The molecule has 0 atom stereocenters. The molecule has 0 saturated carbocycles. The third-order valence-corrected chi connectivity index (χ3v) is 4.61. The average molecular weight is 332 g/mol. The van der Waals surface area contributed by atoms with Gasteiger partial charge in [-0.1, -0.05) is 95.5 Å². The van der Waals surface area contributed by atoms with Gasteiger partial charge in [-0.3, -0.25) is 4.79 Å². The molecule has 0 bridgehead atoms. The minimum atomic E-state index is 0.298. The van der Waals surface area contributed by atoms with Gasteiger partial charge in [0.1, 0.15) is 0 Å². The zero-order valence-electron chi connectivity index (χ0n) is 15.9. The normalized spacial score (nSPS) is 10.8. The number of unbranched alkanes of at least 4 members (excludes halogenated alkanes) is 8. The van der Waals surface area contributed by atoms with Crippen LogP contribution < -0.4 is 0 Å². The van der Waals surface area contributed by atoms with Crippen molar-refractivity contribution in [2.45, 2.75) is 84.5 Å². The van der Waals surface area contributed by atoms with Crippen molar-refractivity contribution in [1.29, 1.82) is 0 Å². The molecule has 0 saturated heterocycles. The molecule has 0 aliphatic rings. The largest absolute Gasteiger partial charge is 0.342 e. The van der Waals surface area contributed by atoms with Gasteiger partial charge in [0, 0.05) is 13.1 Å². The van der Waals surface area contributed by atoms with Gasteiger partial charge in [-0.25, -0.2) is 0 Å². The lowest BCUT2D eigenvalue weighted by atomic mass is 10.1. The van der Waals surface area contributed by atoms with E-state index >= 15 is 0 Å². The Kier molecular flexibility index (Phi) is 12.2. The zero-order valence-corrected chi connectivity index (χ0v) is 15.9. The molecule has 1 rings (SSSR count). The van der Waals surface area contributed by atoms with Crippen LogP contribution in [0, 0.1) is 0 Å². The minimum Gasteiger partial charge on any atom is -0.342 e. The summed E-state index contributed by atoms with van der Waals surface area (Å²) in [5, 5.41) is 0. The van der Waals surface area contributed by atoms with Crippen LogP contribution in [0.3, 0.4) is 0 Å². The molecular weight excluding hydrogens is 294 g/mol. The Labute approximate surface area is 149 Å². The first-order chi connectivity index (χ1) is 11.8. The van der Waals surface area contributed by atoms with Crippen LogP contribution in [0.1, 0.15) is 83.6 Å². The van der Waals surface area contributed by atoms with Crippen LogP contribution in [0.15, 0.2) is 30.3 Å². The molecule has 0 spiro atoms. The summed E-state index contributed by atoms with van der Waals surface area (Å²) in [7, 11) is 0. The number of carbonyl (C=O) groups excluding carboxylic acids is 1. The molecule has 0 fully saturated rings. The van der Waals surface area contributed by atoms with Gasteiger partial charge in [0.2, 0.25) is 5.91 Å². The number of benzene rings is 1. The van der Waals surface area contributed by atoms with E-state index in [1.165, 1.54) is 51.4 Å². The summed E-state index contributed by atoms with van der Waals surface area (Å²) in [6, 6.07) is 10.1. The first kappa shape index (κ1) is 20.7. The first-order valence-electron chi connectivity index (χ1n) is 10.1. The van der Waals surface area contributed by atoms with Crippen molar-refractivity contribution >= 4 is 5.91 Å². The lowest BCUT2D eigenvalue weighted by Crippen LogP contribution is -2.34. The van der Waals surface area contributed by atoms with E-state index in [1.807, 2.05) is 18.2 Å². The molecule has 2 nitrogen and oxygen atoms in total. The Morgan fingerprint density at radius 2 is 1.25 bits per heavy atom. The molecule has 0 heterocycles. The van der Waals surface area contributed by atoms with Crippen molar-refractivity contribution in [2.75, 3.05) is 13.1 Å². The van der Waals surface area contributed by atoms with Gasteiger partial charge >= 0.3 is 0 Å². The Morgan fingerprint density at radius 3 is 1.75 bits per heavy atom. The van der Waals surface area contributed by atoms with Gasteiger partial charge < -0.3 is 4.90 Å².